The summed E-state index contributed by atoms with van der Waals surface area (Å²) in [5.41, 5.74) is -0.502. The highest BCUT2D eigenvalue weighted by Gasteiger charge is 2.63. The van der Waals surface area contributed by atoms with Gasteiger partial charge in [-0.2, -0.15) is 0 Å². The van der Waals surface area contributed by atoms with Gasteiger partial charge in [0.15, 0.2) is 5.13 Å². The number of sulfonamides is 1. The van der Waals surface area contributed by atoms with Gasteiger partial charge in [-0.1, -0.05) is 37.8 Å². The normalized spacial score (nSPS) is 25.6. The minimum absolute atomic E-state index is 0.0148. The van der Waals surface area contributed by atoms with Gasteiger partial charge < -0.3 is 24.8 Å². The third-order valence-electron chi connectivity index (χ3n) is 11.4. The fourth-order valence-corrected chi connectivity index (χ4v) is 10.5. The Bertz CT molecular complexity index is 2180. The molecule has 3 aromatic rings. The number of carbonyl (C=O) groups is 3. The first-order chi connectivity index (χ1) is 27.5. The molecule has 0 bridgehead atoms. The summed E-state index contributed by atoms with van der Waals surface area (Å²) >= 11 is 1.47. The summed E-state index contributed by atoms with van der Waals surface area (Å²) in [6.07, 6.45) is 10.1. The number of carbonyl (C=O) groups excluding carboxylic acids is 3. The zero-order valence-corrected chi connectivity index (χ0v) is 35.9. The van der Waals surface area contributed by atoms with E-state index in [-0.39, 0.29) is 25.4 Å². The van der Waals surface area contributed by atoms with Gasteiger partial charge in [0.05, 0.1) is 29.6 Å². The summed E-state index contributed by atoms with van der Waals surface area (Å²) in [5, 5.41) is 9.65. The van der Waals surface area contributed by atoms with Gasteiger partial charge in [0.1, 0.15) is 40.5 Å². The predicted octanol–water partition coefficient (Wildman–Crippen LogP) is 7.10. The van der Waals surface area contributed by atoms with E-state index in [0.29, 0.717) is 53.1 Å². The van der Waals surface area contributed by atoms with E-state index in [1.165, 1.54) is 16.2 Å². The van der Waals surface area contributed by atoms with Crippen LogP contribution in [-0.2, 0) is 24.3 Å². The average molecular weight is 837 g/mol. The van der Waals surface area contributed by atoms with Crippen LogP contribution in [0.4, 0.5) is 9.93 Å². The predicted molar refractivity (Wildman–Crippen MR) is 223 cm³/mol. The van der Waals surface area contributed by atoms with Gasteiger partial charge in [0.25, 0.3) is 5.91 Å². The molecule has 314 valence electrons. The van der Waals surface area contributed by atoms with Gasteiger partial charge in [-0.15, -0.1) is 11.3 Å². The van der Waals surface area contributed by atoms with E-state index in [9.17, 15) is 22.8 Å². The molecule has 3 fully saturated rings. The Morgan fingerprint density at radius 3 is 2.52 bits per heavy atom. The van der Waals surface area contributed by atoms with Crippen molar-refractivity contribution in [3.63, 3.8) is 0 Å². The molecule has 4 atom stereocenters. The number of fused-ring (bicyclic) bond motifs is 2. The van der Waals surface area contributed by atoms with Crippen molar-refractivity contribution in [2.45, 2.75) is 139 Å². The second-order valence-corrected chi connectivity index (χ2v) is 20.4. The monoisotopic (exact) mass is 836 g/mol. The van der Waals surface area contributed by atoms with Crippen LogP contribution in [0.3, 0.4) is 0 Å². The third-order valence-corrected chi connectivity index (χ3v) is 14.4. The van der Waals surface area contributed by atoms with Crippen molar-refractivity contribution in [2.75, 3.05) is 19.0 Å². The number of aromatic nitrogens is 2. The third kappa shape index (κ3) is 9.07. The molecule has 2 aliphatic carbocycles. The SMILES string of the molecule is COc1ccc2c(O[C@@H]3C[C@@H](C(=O)N[C@]45C[C@H]4C=CCCCCCCCC4(CC4)S(=O)(=O)NC5=O)N(C(=O)OC(C)(C)C)C3)cc(-c3csc(NC(C)C)n3)nc2c1. The average Bonchev–Trinajstić information content (AvgIpc) is 3.98. The van der Waals surface area contributed by atoms with E-state index in [1.54, 1.807) is 27.9 Å². The van der Waals surface area contributed by atoms with Crippen LogP contribution in [0.5, 0.6) is 11.5 Å². The van der Waals surface area contributed by atoms with E-state index in [4.69, 9.17) is 24.2 Å². The molecule has 1 spiro atoms. The fourth-order valence-electron chi connectivity index (χ4n) is 7.97. The summed E-state index contributed by atoms with van der Waals surface area (Å²) in [7, 11) is -2.41. The summed E-state index contributed by atoms with van der Waals surface area (Å²) in [6.45, 7) is 9.34. The smallest absolute Gasteiger partial charge is 0.411 e. The van der Waals surface area contributed by atoms with Gasteiger partial charge >= 0.3 is 6.09 Å². The molecule has 0 unspecified atom stereocenters. The molecule has 4 aliphatic rings. The molecule has 3 N–H and O–H groups in total. The number of ether oxygens (including phenoxy) is 3. The Kier molecular flexibility index (Phi) is 11.7. The molecule has 7 rings (SSSR count). The van der Waals surface area contributed by atoms with E-state index in [2.05, 4.69) is 15.4 Å². The molecule has 2 aliphatic heterocycles. The molecule has 2 aromatic heterocycles. The summed E-state index contributed by atoms with van der Waals surface area (Å²) < 4.78 is 46.8. The highest BCUT2D eigenvalue weighted by atomic mass is 32.2. The van der Waals surface area contributed by atoms with Gasteiger partial charge in [-0.05, 0) is 85.3 Å². The highest BCUT2D eigenvalue weighted by molar-refractivity contribution is 7.91. The van der Waals surface area contributed by atoms with Crippen LogP contribution in [0.1, 0.15) is 105 Å². The molecule has 14 nitrogen and oxygen atoms in total. The molecule has 0 radical (unpaired) electrons. The van der Waals surface area contributed by atoms with E-state index in [1.807, 2.05) is 55.6 Å². The number of nitrogens with zero attached hydrogens (tertiary/aromatic N) is 3. The number of anilines is 1. The van der Waals surface area contributed by atoms with E-state index >= 15 is 0 Å². The number of nitrogens with one attached hydrogen (secondary N) is 3. The van der Waals surface area contributed by atoms with Gasteiger partial charge in [0.2, 0.25) is 15.9 Å². The van der Waals surface area contributed by atoms with Crippen molar-refractivity contribution in [2.24, 2.45) is 5.92 Å². The Morgan fingerprint density at radius 2 is 1.79 bits per heavy atom. The number of thiazole rings is 1. The first-order valence-electron chi connectivity index (χ1n) is 20.4. The van der Waals surface area contributed by atoms with E-state index in [0.717, 1.165) is 43.7 Å². The quantitative estimate of drug-likeness (QED) is 0.197. The van der Waals surface area contributed by atoms with Crippen LogP contribution < -0.4 is 24.8 Å². The van der Waals surface area contributed by atoms with Gasteiger partial charge in [-0.3, -0.25) is 19.2 Å². The van der Waals surface area contributed by atoms with Crippen molar-refractivity contribution in [1.82, 2.24) is 24.9 Å². The molecule has 2 saturated carbocycles. The maximum Gasteiger partial charge on any atom is 0.411 e. The molecule has 1 aromatic carbocycles. The van der Waals surface area contributed by atoms with Crippen LogP contribution in [0, 0.1) is 5.92 Å². The summed E-state index contributed by atoms with van der Waals surface area (Å²) in [5.74, 6) is -0.641. The summed E-state index contributed by atoms with van der Waals surface area (Å²) in [4.78, 5) is 53.3. The lowest BCUT2D eigenvalue weighted by Gasteiger charge is -2.29. The van der Waals surface area contributed by atoms with Crippen molar-refractivity contribution in [3.05, 3.63) is 41.8 Å². The van der Waals surface area contributed by atoms with Crippen molar-refractivity contribution < 1.29 is 37.0 Å². The van der Waals surface area contributed by atoms with E-state index < -0.39 is 61.9 Å². The number of methoxy groups -OCH3 is 1. The zero-order valence-electron chi connectivity index (χ0n) is 34.3. The second-order valence-electron chi connectivity index (χ2n) is 17.5. The van der Waals surface area contributed by atoms with Crippen molar-refractivity contribution >= 4 is 55.3 Å². The number of likely N-dealkylation sites (tertiary alicyclic amines) is 1. The van der Waals surface area contributed by atoms with Crippen LogP contribution in [0.25, 0.3) is 22.3 Å². The number of pyridine rings is 1. The standard InChI is InChI=1S/C42H56N6O8S2/c1-26(2)43-38-45-33(25-57-38)32-22-35(30-16-15-28(54-6)20-31(30)44-32)55-29-21-34(48(24-29)39(51)56-40(3,4)5)36(49)46-42-23-27(42)14-12-10-8-7-9-11-13-17-41(18-19-41)58(52,53)47-37(42)50/h12,14-16,20,22,25-27,29,34H,7-11,13,17-19,21,23-24H2,1-6H3,(H,43,45)(H,46,49)(H,47,50)/t27-,29-,34+,42-/m1/s1. The topological polar surface area (TPSA) is 178 Å². The summed E-state index contributed by atoms with van der Waals surface area (Å²) in [6, 6.07) is 6.40. The van der Waals surface area contributed by atoms with Crippen molar-refractivity contribution in [1.29, 1.82) is 0 Å². The lowest BCUT2D eigenvalue weighted by atomic mass is 10.1. The molecular weight excluding hydrogens is 781 g/mol. The number of benzene rings is 1. The van der Waals surface area contributed by atoms with Crippen LogP contribution in [-0.4, -0.2) is 88.9 Å². The maximum atomic E-state index is 14.5. The maximum absolute atomic E-state index is 14.5. The zero-order chi connectivity index (χ0) is 41.5. The van der Waals surface area contributed by atoms with Gasteiger partial charge in [-0.25, -0.2) is 23.2 Å². The molecule has 1 saturated heterocycles. The number of allylic oxidation sites excluding steroid dienone is 1. The Labute approximate surface area is 344 Å². The first kappa shape index (κ1) is 41.7. The van der Waals surface area contributed by atoms with Crippen LogP contribution in [0.15, 0.2) is 41.8 Å². The molecule has 3 amide bonds. The minimum atomic E-state index is -3.99. The molecule has 4 heterocycles. The number of amides is 3. The molecule has 16 heteroatoms. The largest absolute Gasteiger partial charge is 0.497 e. The van der Waals surface area contributed by atoms with Crippen molar-refractivity contribution in [3.8, 4) is 22.9 Å². The number of rotatable bonds is 8. The first-order valence-corrected chi connectivity index (χ1v) is 22.8. The molecular formula is C42H56N6O8S2. The Hall–Kier alpha value is -4.44. The fraction of sp³-hybridized carbons (Fsp3) is 0.595. The van der Waals surface area contributed by atoms with Gasteiger partial charge in [0, 0.05) is 41.3 Å². The lowest BCUT2D eigenvalue weighted by molar-refractivity contribution is -0.131. The van der Waals surface area contributed by atoms with Crippen LogP contribution >= 0.6 is 11.3 Å². The Morgan fingerprint density at radius 1 is 1.03 bits per heavy atom. The second kappa shape index (κ2) is 16.3. The Balaban J connectivity index is 1.17. The number of hydrogen-bond acceptors (Lipinski definition) is 12. The minimum Gasteiger partial charge on any atom is -0.497 e. The number of hydrogen-bond donors (Lipinski definition) is 3. The highest BCUT2D eigenvalue weighted by Crippen LogP contribution is 2.50. The van der Waals surface area contributed by atoms with Crippen LogP contribution in [0.2, 0.25) is 0 Å². The molecule has 58 heavy (non-hydrogen) atoms. The lowest BCUT2D eigenvalue weighted by Crippen LogP contribution is -2.57.